The van der Waals surface area contributed by atoms with Crippen LogP contribution in [0.2, 0.25) is 0 Å². The third-order valence-electron chi connectivity index (χ3n) is 4.20. The van der Waals surface area contributed by atoms with Crippen molar-refractivity contribution >= 4 is 22.5 Å². The molecule has 0 bridgehead atoms. The van der Waals surface area contributed by atoms with Crippen molar-refractivity contribution in [2.24, 2.45) is 4.99 Å². The zero-order valence-electron chi connectivity index (χ0n) is 15.2. The van der Waals surface area contributed by atoms with E-state index < -0.39 is 6.36 Å². The third-order valence-corrected chi connectivity index (χ3v) is 4.20. The molecule has 2 aromatic carbocycles. The highest BCUT2D eigenvalue weighted by Crippen LogP contribution is 2.25. The summed E-state index contributed by atoms with van der Waals surface area (Å²) in [6.45, 7) is 3.88. The molecule has 0 fully saturated rings. The number of fused-ring (bicyclic) bond motifs is 1. The first-order valence-corrected chi connectivity index (χ1v) is 8.57. The molecule has 0 saturated carbocycles. The molecule has 0 aliphatic rings. The number of alkyl halides is 3. The second-order valence-electron chi connectivity index (χ2n) is 6.09. The SMILES string of the molecule is C=C(N=C(CCc1c[nH]c2ccccc12)OC)c1ccc(OC(F)(F)F)cc1. The number of aromatic nitrogens is 1. The summed E-state index contributed by atoms with van der Waals surface area (Å²) in [4.78, 5) is 7.60. The van der Waals surface area contributed by atoms with Gasteiger partial charge in [0, 0.05) is 23.5 Å². The van der Waals surface area contributed by atoms with E-state index in [9.17, 15) is 13.2 Å². The molecule has 0 unspecified atom stereocenters. The van der Waals surface area contributed by atoms with E-state index >= 15 is 0 Å². The molecule has 146 valence electrons. The van der Waals surface area contributed by atoms with E-state index in [-0.39, 0.29) is 5.75 Å². The Hall–Kier alpha value is -3.22. The van der Waals surface area contributed by atoms with Crippen molar-refractivity contribution in [3.05, 3.63) is 72.4 Å². The summed E-state index contributed by atoms with van der Waals surface area (Å²) in [6.07, 6.45) is -1.47. The summed E-state index contributed by atoms with van der Waals surface area (Å²) >= 11 is 0. The first kappa shape index (κ1) is 19.5. The van der Waals surface area contributed by atoms with Crippen LogP contribution in [0.4, 0.5) is 13.2 Å². The number of hydrogen-bond acceptors (Lipinski definition) is 3. The van der Waals surface area contributed by atoms with Crippen LogP contribution >= 0.6 is 0 Å². The molecule has 0 saturated heterocycles. The van der Waals surface area contributed by atoms with Gasteiger partial charge >= 0.3 is 6.36 Å². The number of nitrogens with zero attached hydrogens (tertiary/aromatic N) is 1. The molecule has 0 aliphatic carbocycles. The number of benzene rings is 2. The predicted octanol–water partition coefficient (Wildman–Crippen LogP) is 5.71. The van der Waals surface area contributed by atoms with Gasteiger partial charge in [-0.25, -0.2) is 4.99 Å². The highest BCUT2D eigenvalue weighted by atomic mass is 19.4. The lowest BCUT2D eigenvalue weighted by molar-refractivity contribution is -0.274. The molecule has 3 rings (SSSR count). The zero-order valence-corrected chi connectivity index (χ0v) is 15.2. The number of hydrogen-bond donors (Lipinski definition) is 1. The lowest BCUT2D eigenvalue weighted by Crippen LogP contribution is -2.16. The molecule has 0 aliphatic heterocycles. The average Bonchev–Trinajstić information content (AvgIpc) is 3.07. The van der Waals surface area contributed by atoms with Crippen LogP contribution in [0.3, 0.4) is 0 Å². The zero-order chi connectivity index (χ0) is 20.1. The van der Waals surface area contributed by atoms with E-state index in [1.54, 1.807) is 0 Å². The van der Waals surface area contributed by atoms with Crippen LogP contribution in [0.25, 0.3) is 16.6 Å². The van der Waals surface area contributed by atoms with Crippen LogP contribution in [-0.2, 0) is 11.2 Å². The first-order chi connectivity index (χ1) is 13.4. The van der Waals surface area contributed by atoms with Gasteiger partial charge in [-0.15, -0.1) is 13.2 Å². The Morgan fingerprint density at radius 3 is 2.50 bits per heavy atom. The highest BCUT2D eigenvalue weighted by Gasteiger charge is 2.30. The fraction of sp³-hybridized carbons (Fsp3) is 0.190. The van der Waals surface area contributed by atoms with E-state index in [4.69, 9.17) is 4.74 Å². The van der Waals surface area contributed by atoms with Gasteiger partial charge in [0.2, 0.25) is 0 Å². The van der Waals surface area contributed by atoms with E-state index in [1.807, 2.05) is 30.5 Å². The molecule has 7 heteroatoms. The van der Waals surface area contributed by atoms with E-state index in [0.29, 0.717) is 23.6 Å². The van der Waals surface area contributed by atoms with Gasteiger partial charge in [-0.3, -0.25) is 0 Å². The Kier molecular flexibility index (Phi) is 5.73. The Bertz CT molecular complexity index is 989. The van der Waals surface area contributed by atoms with E-state index in [1.165, 1.54) is 31.4 Å². The van der Waals surface area contributed by atoms with Crippen molar-refractivity contribution in [1.29, 1.82) is 0 Å². The summed E-state index contributed by atoms with van der Waals surface area (Å²) in [5, 5.41) is 1.15. The van der Waals surface area contributed by atoms with Gasteiger partial charge in [0.05, 0.1) is 12.8 Å². The van der Waals surface area contributed by atoms with Crippen LogP contribution in [0, 0.1) is 0 Å². The molecule has 0 atom stereocenters. The first-order valence-electron chi connectivity index (χ1n) is 8.57. The van der Waals surface area contributed by atoms with Crippen LogP contribution in [0.15, 0.2) is 66.3 Å². The van der Waals surface area contributed by atoms with Crippen molar-refractivity contribution in [3.8, 4) is 5.75 Å². The number of para-hydroxylation sites is 1. The third kappa shape index (κ3) is 4.94. The molecule has 28 heavy (non-hydrogen) atoms. The molecule has 1 heterocycles. The van der Waals surface area contributed by atoms with Gasteiger partial charge in [0.1, 0.15) is 5.75 Å². The number of aromatic amines is 1. The highest BCUT2D eigenvalue weighted by molar-refractivity contribution is 5.86. The van der Waals surface area contributed by atoms with E-state index in [0.717, 1.165) is 22.9 Å². The summed E-state index contributed by atoms with van der Waals surface area (Å²) in [5.74, 6) is 0.199. The van der Waals surface area contributed by atoms with E-state index in [2.05, 4.69) is 21.3 Å². The van der Waals surface area contributed by atoms with Crippen molar-refractivity contribution in [1.82, 2.24) is 4.98 Å². The van der Waals surface area contributed by atoms with Gasteiger partial charge in [0.25, 0.3) is 0 Å². The molecule has 0 spiro atoms. The Labute approximate surface area is 160 Å². The molecule has 1 N–H and O–H groups in total. The van der Waals surface area contributed by atoms with Crippen LogP contribution in [0.5, 0.6) is 5.75 Å². The molecule has 3 aromatic rings. The topological polar surface area (TPSA) is 46.6 Å². The minimum absolute atomic E-state index is 0.292. The minimum atomic E-state index is -4.72. The van der Waals surface area contributed by atoms with Crippen LogP contribution < -0.4 is 4.74 Å². The smallest absolute Gasteiger partial charge is 0.484 e. The Morgan fingerprint density at radius 2 is 1.82 bits per heavy atom. The predicted molar refractivity (Wildman–Crippen MR) is 103 cm³/mol. The van der Waals surface area contributed by atoms with Gasteiger partial charge in [-0.2, -0.15) is 0 Å². The van der Waals surface area contributed by atoms with Gasteiger partial charge in [-0.1, -0.05) is 24.8 Å². The average molecular weight is 388 g/mol. The maximum Gasteiger partial charge on any atom is 0.573 e. The summed E-state index contributed by atoms with van der Waals surface area (Å²) in [7, 11) is 1.53. The van der Waals surface area contributed by atoms with Crippen molar-refractivity contribution < 1.29 is 22.6 Å². The Balaban J connectivity index is 1.67. The second-order valence-corrected chi connectivity index (χ2v) is 6.09. The molecule has 0 amide bonds. The fourth-order valence-electron chi connectivity index (χ4n) is 2.85. The molecular weight excluding hydrogens is 369 g/mol. The number of aryl methyl sites for hydroxylation is 1. The standard InChI is InChI=1S/C21H19F3N2O2/c1-14(15-7-10-17(11-8-15)28-21(22,23)24)26-20(27-2)12-9-16-13-25-19-6-4-3-5-18(16)19/h3-8,10-11,13,25H,1,9,12H2,2H3. The molecular formula is C21H19F3N2O2. The maximum absolute atomic E-state index is 12.2. The number of aliphatic imine (C=N–C) groups is 1. The minimum Gasteiger partial charge on any atom is -0.484 e. The van der Waals surface area contributed by atoms with Crippen LogP contribution in [-0.4, -0.2) is 24.4 Å². The molecule has 4 nitrogen and oxygen atoms in total. The number of methoxy groups -OCH3 is 1. The van der Waals surface area contributed by atoms with Crippen molar-refractivity contribution in [2.75, 3.05) is 7.11 Å². The second kappa shape index (κ2) is 8.21. The quantitative estimate of drug-likeness (QED) is 0.434. The van der Waals surface area contributed by atoms with Gasteiger partial charge < -0.3 is 14.5 Å². The van der Waals surface area contributed by atoms with Gasteiger partial charge in [-0.05, 0) is 47.9 Å². The fourth-order valence-corrected chi connectivity index (χ4v) is 2.85. The number of rotatable bonds is 6. The monoisotopic (exact) mass is 388 g/mol. The van der Waals surface area contributed by atoms with Crippen molar-refractivity contribution in [2.45, 2.75) is 19.2 Å². The Morgan fingerprint density at radius 1 is 1.11 bits per heavy atom. The maximum atomic E-state index is 12.2. The van der Waals surface area contributed by atoms with Crippen molar-refractivity contribution in [3.63, 3.8) is 0 Å². The normalized spacial score (nSPS) is 12.2. The molecule has 0 radical (unpaired) electrons. The molecule has 1 aromatic heterocycles. The summed E-state index contributed by atoms with van der Waals surface area (Å²) < 4.78 is 45.9. The number of H-pyrrole nitrogens is 1. The number of nitrogens with one attached hydrogen (secondary N) is 1. The summed E-state index contributed by atoms with van der Waals surface area (Å²) in [6, 6.07) is 13.4. The summed E-state index contributed by atoms with van der Waals surface area (Å²) in [5.41, 5.74) is 3.20. The van der Waals surface area contributed by atoms with Crippen LogP contribution in [0.1, 0.15) is 17.5 Å². The lowest BCUT2D eigenvalue weighted by Gasteiger charge is -2.10. The van der Waals surface area contributed by atoms with Gasteiger partial charge in [0.15, 0.2) is 5.90 Å². The lowest BCUT2D eigenvalue weighted by atomic mass is 10.1. The largest absolute Gasteiger partial charge is 0.573 e. The number of ether oxygens (including phenoxy) is 2. The number of halogens is 3.